The number of sulfonamides is 1. The molecule has 0 aliphatic carbocycles. The Bertz CT molecular complexity index is 1180. The summed E-state index contributed by atoms with van der Waals surface area (Å²) in [5.74, 6) is -1.36. The summed E-state index contributed by atoms with van der Waals surface area (Å²) < 4.78 is 42.0. The number of anilines is 1. The minimum atomic E-state index is -4.11. The number of carbonyl (C=O) groups is 1. The number of amides is 1. The zero-order valence-electron chi connectivity index (χ0n) is 16.4. The predicted molar refractivity (Wildman–Crippen MR) is 113 cm³/mol. The van der Waals surface area contributed by atoms with Gasteiger partial charge in [-0.3, -0.25) is 9.10 Å². The van der Waals surface area contributed by atoms with Gasteiger partial charge in [-0.2, -0.15) is 0 Å². The molecule has 1 N–H and O–H groups in total. The minimum Gasteiger partial charge on any atom is -0.759 e. The molecule has 0 aliphatic rings. The molecule has 0 aromatic heterocycles. The second-order valence-electron chi connectivity index (χ2n) is 6.79. The van der Waals surface area contributed by atoms with Gasteiger partial charge < -0.3 is 10.7 Å². The summed E-state index contributed by atoms with van der Waals surface area (Å²) in [5, 5.41) is 10.9. The van der Waals surface area contributed by atoms with Crippen LogP contribution in [0.5, 0.6) is 0 Å². The lowest BCUT2D eigenvalue weighted by Gasteiger charge is -2.27. The number of nitrogens with zero attached hydrogens (tertiary/aromatic N) is 1. The molecule has 3 aromatic rings. The van der Waals surface area contributed by atoms with E-state index in [-0.39, 0.29) is 28.3 Å². The van der Waals surface area contributed by atoms with Crippen LogP contribution in [0, 0.1) is 24.9 Å². The molecule has 0 unspecified atom stereocenters. The molecule has 156 valence electrons. The second-order valence-corrected chi connectivity index (χ2v) is 8.65. The zero-order chi connectivity index (χ0) is 21.9. The van der Waals surface area contributed by atoms with Crippen molar-refractivity contribution in [2.24, 2.45) is 0 Å². The van der Waals surface area contributed by atoms with Crippen LogP contribution in [0.3, 0.4) is 0 Å². The van der Waals surface area contributed by atoms with Crippen LogP contribution in [0.1, 0.15) is 27.0 Å². The number of halogens is 1. The Morgan fingerprint density at radius 3 is 2.37 bits per heavy atom. The van der Waals surface area contributed by atoms with Crippen LogP contribution in [0.15, 0.2) is 71.6 Å². The van der Waals surface area contributed by atoms with Crippen molar-refractivity contribution in [2.45, 2.75) is 25.3 Å². The Labute approximate surface area is 174 Å². The lowest BCUT2D eigenvalue weighted by molar-refractivity contribution is 0.0969. The molecule has 0 heterocycles. The van der Waals surface area contributed by atoms with Gasteiger partial charge in [-0.25, -0.2) is 12.8 Å². The van der Waals surface area contributed by atoms with Gasteiger partial charge in [0.05, 0.1) is 17.1 Å². The Hall–Kier alpha value is -3.23. The van der Waals surface area contributed by atoms with Crippen molar-refractivity contribution in [3.05, 3.63) is 100 Å². The van der Waals surface area contributed by atoms with E-state index in [1.54, 1.807) is 37.3 Å². The van der Waals surface area contributed by atoms with Gasteiger partial charge in [-0.05, 0) is 60.9 Å². The number of benzene rings is 3. The molecule has 3 rings (SSSR count). The summed E-state index contributed by atoms with van der Waals surface area (Å²) in [6, 6.07) is 17.1. The van der Waals surface area contributed by atoms with Gasteiger partial charge in [0.15, 0.2) is 0 Å². The lowest BCUT2D eigenvalue weighted by Crippen LogP contribution is -2.32. The van der Waals surface area contributed by atoms with E-state index in [2.05, 4.69) is 0 Å². The van der Waals surface area contributed by atoms with E-state index in [0.29, 0.717) is 5.56 Å². The highest BCUT2D eigenvalue weighted by Crippen LogP contribution is 2.31. The van der Waals surface area contributed by atoms with E-state index in [1.165, 1.54) is 36.7 Å². The summed E-state index contributed by atoms with van der Waals surface area (Å²) in [5.41, 5.74) is 2.91. The molecule has 30 heavy (non-hydrogen) atoms. The SMILES string of the molecule is Cc1cc(S(=O)(=O)N(Cc2ccccc2)c2cccc(C(=O)N[O-])c2C)ccc1F. The first-order chi connectivity index (χ1) is 14.3. The molecule has 6 nitrogen and oxygen atoms in total. The maximum absolute atomic E-state index is 13.7. The maximum atomic E-state index is 13.7. The van der Waals surface area contributed by atoms with E-state index < -0.39 is 21.7 Å². The van der Waals surface area contributed by atoms with Crippen LogP contribution in [0.25, 0.3) is 0 Å². The summed E-state index contributed by atoms with van der Waals surface area (Å²) in [4.78, 5) is 11.9. The van der Waals surface area contributed by atoms with E-state index in [0.717, 1.165) is 15.9 Å². The van der Waals surface area contributed by atoms with E-state index in [1.807, 2.05) is 6.07 Å². The standard InChI is InChI=1S/C22H20FN2O4S/c1-15-13-18(11-12-20(15)23)30(28,29)25(14-17-7-4-3-5-8-17)21-10-6-9-19(16(21)2)22(26)24-27/h3-13H,14H2,1-2H3,(H-,24,26,27)/q-1. The van der Waals surface area contributed by atoms with Crippen molar-refractivity contribution in [3.8, 4) is 0 Å². The van der Waals surface area contributed by atoms with Crippen molar-refractivity contribution in [3.63, 3.8) is 0 Å². The number of hydrogen-bond acceptors (Lipinski definition) is 4. The molecular formula is C22H20FN2O4S-. The molecule has 0 aliphatic heterocycles. The second kappa shape index (κ2) is 8.64. The molecule has 8 heteroatoms. The van der Waals surface area contributed by atoms with E-state index in [9.17, 15) is 22.8 Å². The molecular weight excluding hydrogens is 407 g/mol. The third kappa shape index (κ3) is 4.19. The average molecular weight is 427 g/mol. The average Bonchev–Trinajstić information content (AvgIpc) is 2.74. The number of rotatable bonds is 6. The van der Waals surface area contributed by atoms with Crippen LogP contribution in [-0.2, 0) is 16.6 Å². The number of aryl methyl sites for hydroxylation is 1. The zero-order valence-corrected chi connectivity index (χ0v) is 17.2. The van der Waals surface area contributed by atoms with Crippen molar-refractivity contribution < 1.29 is 17.6 Å². The number of hydrogen-bond donors (Lipinski definition) is 1. The van der Waals surface area contributed by atoms with Gasteiger partial charge >= 0.3 is 0 Å². The third-order valence-electron chi connectivity index (χ3n) is 4.80. The summed E-state index contributed by atoms with van der Waals surface area (Å²) in [6.07, 6.45) is 0. The summed E-state index contributed by atoms with van der Waals surface area (Å²) >= 11 is 0. The number of carbonyl (C=O) groups excluding carboxylic acids is 1. The topological polar surface area (TPSA) is 89.5 Å². The van der Waals surface area contributed by atoms with Crippen molar-refractivity contribution in [1.82, 2.24) is 5.48 Å². The molecule has 0 saturated heterocycles. The normalized spacial score (nSPS) is 11.2. The van der Waals surface area contributed by atoms with Crippen LogP contribution in [-0.4, -0.2) is 14.3 Å². The van der Waals surface area contributed by atoms with Crippen molar-refractivity contribution in [2.75, 3.05) is 4.31 Å². The third-order valence-corrected chi connectivity index (χ3v) is 6.55. The van der Waals surface area contributed by atoms with Crippen molar-refractivity contribution in [1.29, 1.82) is 0 Å². The van der Waals surface area contributed by atoms with Gasteiger partial charge in [0.2, 0.25) is 5.91 Å². The van der Waals surface area contributed by atoms with E-state index >= 15 is 0 Å². The largest absolute Gasteiger partial charge is 0.759 e. The lowest BCUT2D eigenvalue weighted by atomic mass is 10.1. The first-order valence-corrected chi connectivity index (χ1v) is 10.5. The summed E-state index contributed by atoms with van der Waals surface area (Å²) in [7, 11) is -4.11. The van der Waals surface area contributed by atoms with Crippen molar-refractivity contribution >= 4 is 21.6 Å². The predicted octanol–water partition coefficient (Wildman–Crippen LogP) is 4.07. The van der Waals surface area contributed by atoms with Crippen LogP contribution >= 0.6 is 0 Å². The van der Waals surface area contributed by atoms with Gasteiger partial charge in [0.1, 0.15) is 5.82 Å². The number of hydroxylamine groups is 1. The Morgan fingerprint density at radius 1 is 1.03 bits per heavy atom. The fourth-order valence-electron chi connectivity index (χ4n) is 3.15. The number of nitrogens with one attached hydrogen (secondary N) is 1. The molecule has 0 fully saturated rings. The van der Waals surface area contributed by atoms with Gasteiger partial charge in [-0.1, -0.05) is 36.4 Å². The monoisotopic (exact) mass is 427 g/mol. The van der Waals surface area contributed by atoms with Crippen LogP contribution in [0.4, 0.5) is 10.1 Å². The Morgan fingerprint density at radius 2 is 1.73 bits per heavy atom. The molecule has 1 amide bonds. The summed E-state index contributed by atoms with van der Waals surface area (Å²) in [6.45, 7) is 3.05. The maximum Gasteiger partial charge on any atom is 0.264 e. The highest BCUT2D eigenvalue weighted by Gasteiger charge is 2.28. The highest BCUT2D eigenvalue weighted by atomic mass is 32.2. The first-order valence-electron chi connectivity index (χ1n) is 9.10. The molecule has 0 bridgehead atoms. The Kier molecular flexibility index (Phi) is 6.19. The van der Waals surface area contributed by atoms with Gasteiger partial charge in [-0.15, -0.1) is 0 Å². The minimum absolute atomic E-state index is 0.0110. The van der Waals surface area contributed by atoms with E-state index in [4.69, 9.17) is 0 Å². The van der Waals surface area contributed by atoms with Gasteiger partial charge in [0, 0.05) is 5.56 Å². The molecule has 0 atom stereocenters. The van der Waals surface area contributed by atoms with Crippen LogP contribution in [0.2, 0.25) is 0 Å². The highest BCUT2D eigenvalue weighted by molar-refractivity contribution is 7.92. The molecule has 0 radical (unpaired) electrons. The van der Waals surface area contributed by atoms with Crippen LogP contribution < -0.4 is 9.79 Å². The first kappa shape index (κ1) is 21.5. The fraction of sp³-hybridized carbons (Fsp3) is 0.136. The molecule has 0 spiro atoms. The molecule has 3 aromatic carbocycles. The smallest absolute Gasteiger partial charge is 0.264 e. The quantitative estimate of drug-likeness (QED) is 0.601. The molecule has 0 saturated carbocycles. The fourth-order valence-corrected chi connectivity index (χ4v) is 4.74. The Balaban J connectivity index is 2.19. The van der Waals surface area contributed by atoms with Gasteiger partial charge in [0.25, 0.3) is 10.0 Å².